The number of nitrogens with zero attached hydrogens (tertiary/aromatic N) is 4. The molecule has 1 N–H and O–H groups in total. The number of phenols is 1. The molecule has 8 rings (SSSR count). The first-order valence-electron chi connectivity index (χ1n) is 20.3. The van der Waals surface area contributed by atoms with Gasteiger partial charge in [-0.2, -0.15) is 0 Å². The van der Waals surface area contributed by atoms with Crippen molar-refractivity contribution in [3.05, 3.63) is 169 Å². The molecular formula is C52H52N4OPt. The second-order valence-electron chi connectivity index (χ2n) is 16.4. The van der Waals surface area contributed by atoms with E-state index in [4.69, 9.17) is 4.98 Å². The van der Waals surface area contributed by atoms with Gasteiger partial charge in [-0.05, 0) is 99.6 Å². The zero-order valence-electron chi connectivity index (χ0n) is 34.6. The molecule has 0 amide bonds. The van der Waals surface area contributed by atoms with Gasteiger partial charge in [0.1, 0.15) is 11.6 Å². The molecular weight excluding hydrogens is 892 g/mol. The van der Waals surface area contributed by atoms with Gasteiger partial charge in [0.15, 0.2) is 0 Å². The van der Waals surface area contributed by atoms with Crippen molar-refractivity contribution < 1.29 is 26.2 Å². The van der Waals surface area contributed by atoms with Crippen LogP contribution in [0.2, 0.25) is 0 Å². The van der Waals surface area contributed by atoms with Gasteiger partial charge in [-0.15, -0.1) is 36.5 Å². The van der Waals surface area contributed by atoms with Gasteiger partial charge in [-0.1, -0.05) is 134 Å². The van der Waals surface area contributed by atoms with Crippen LogP contribution in [0.1, 0.15) is 101 Å². The van der Waals surface area contributed by atoms with Crippen LogP contribution >= 0.6 is 0 Å². The SMILES string of the molecule is CC(C)c1cc(-c2ccccc2)cc(C(C)C)c1N1[CH-]N(c2[c-]c(-c3cn(-c4c(C(C)C)cccc4C(C)C)c(-c4ccccc4O)n3)ccc2)c2ccccc21.[Pt+2]. The summed E-state index contributed by atoms with van der Waals surface area (Å²) in [6.45, 7) is 20.3. The maximum Gasteiger partial charge on any atom is 2.00 e. The molecule has 58 heavy (non-hydrogen) atoms. The maximum atomic E-state index is 11.2. The second-order valence-corrected chi connectivity index (χ2v) is 16.4. The summed E-state index contributed by atoms with van der Waals surface area (Å²) in [4.78, 5) is 9.93. The molecule has 0 saturated carbocycles. The molecule has 0 saturated heterocycles. The Balaban J connectivity index is 0.00000512. The van der Waals surface area contributed by atoms with E-state index in [0.717, 1.165) is 34.0 Å². The van der Waals surface area contributed by atoms with Crippen molar-refractivity contribution in [1.29, 1.82) is 0 Å². The number of anilines is 4. The molecule has 6 heteroatoms. The zero-order valence-corrected chi connectivity index (χ0v) is 36.9. The largest absolute Gasteiger partial charge is 2.00 e. The number of imidazole rings is 1. The van der Waals surface area contributed by atoms with Crippen molar-refractivity contribution in [3.63, 3.8) is 0 Å². The van der Waals surface area contributed by atoms with Gasteiger partial charge in [0.2, 0.25) is 0 Å². The third-order valence-electron chi connectivity index (χ3n) is 11.1. The van der Waals surface area contributed by atoms with Gasteiger partial charge < -0.3 is 19.5 Å². The Bertz CT molecular complexity index is 2500. The van der Waals surface area contributed by atoms with E-state index in [1.807, 2.05) is 18.2 Å². The molecule has 0 aliphatic carbocycles. The standard InChI is InChI=1S/C52H52N4O.Pt/c1-33(2)41-23-17-24-42(34(3)4)50(41)54-31-46(53-52(54)43-22-12-15-27-49(43)57)38-20-16-21-40(28-38)55-32-56(48-26-14-13-25-47(48)55)51-44(35(5)6)29-39(30-45(51)36(7)8)37-18-10-9-11-19-37;/h9-27,29-36,57H,1-8H3;/q-2;+2. The van der Waals surface area contributed by atoms with Crippen molar-refractivity contribution in [2.45, 2.75) is 79.1 Å². The summed E-state index contributed by atoms with van der Waals surface area (Å²) in [5.41, 5.74) is 15.4. The van der Waals surface area contributed by atoms with Crippen LogP contribution in [0, 0.1) is 12.7 Å². The average molecular weight is 944 g/mol. The molecule has 5 nitrogen and oxygen atoms in total. The number of fused-ring (bicyclic) bond motifs is 1. The van der Waals surface area contributed by atoms with Crippen molar-refractivity contribution in [3.8, 4) is 45.2 Å². The van der Waals surface area contributed by atoms with Crippen molar-refractivity contribution >= 4 is 22.7 Å². The normalized spacial score (nSPS) is 12.6. The fraction of sp³-hybridized carbons (Fsp3) is 0.231. The summed E-state index contributed by atoms with van der Waals surface area (Å²) < 4.78 is 2.19. The van der Waals surface area contributed by atoms with E-state index in [-0.39, 0.29) is 38.7 Å². The number of benzene rings is 6. The zero-order chi connectivity index (χ0) is 40.0. The number of hydrogen-bond acceptors (Lipinski definition) is 4. The van der Waals surface area contributed by atoms with E-state index < -0.39 is 0 Å². The molecule has 0 spiro atoms. The van der Waals surface area contributed by atoms with E-state index in [2.05, 4.69) is 192 Å². The van der Waals surface area contributed by atoms with Crippen LogP contribution in [0.3, 0.4) is 0 Å². The molecule has 0 radical (unpaired) electrons. The molecule has 0 unspecified atom stereocenters. The molecule has 7 aromatic rings. The van der Waals surface area contributed by atoms with Crippen molar-refractivity contribution in [1.82, 2.24) is 9.55 Å². The van der Waals surface area contributed by atoms with Crippen LogP contribution < -0.4 is 9.80 Å². The van der Waals surface area contributed by atoms with Gasteiger partial charge >= 0.3 is 21.1 Å². The first-order chi connectivity index (χ1) is 27.5. The molecule has 0 bridgehead atoms. The van der Waals surface area contributed by atoms with Crippen LogP contribution in [0.4, 0.5) is 22.7 Å². The predicted molar refractivity (Wildman–Crippen MR) is 238 cm³/mol. The minimum Gasteiger partial charge on any atom is -0.507 e. The smallest absolute Gasteiger partial charge is 0.507 e. The summed E-state index contributed by atoms with van der Waals surface area (Å²) in [5, 5.41) is 11.2. The molecule has 1 aliphatic rings. The van der Waals surface area contributed by atoms with Crippen LogP contribution in [-0.4, -0.2) is 14.7 Å². The first kappa shape index (κ1) is 40.8. The fourth-order valence-corrected chi connectivity index (χ4v) is 8.19. The minimum atomic E-state index is 0. The molecule has 2 heterocycles. The van der Waals surface area contributed by atoms with Crippen molar-refractivity contribution in [2.24, 2.45) is 0 Å². The van der Waals surface area contributed by atoms with Crippen LogP contribution in [0.15, 0.2) is 134 Å². The summed E-state index contributed by atoms with van der Waals surface area (Å²) in [6.07, 6.45) is 2.12. The second kappa shape index (κ2) is 16.8. The van der Waals surface area contributed by atoms with Crippen LogP contribution in [0.5, 0.6) is 5.75 Å². The Morgan fingerprint density at radius 3 is 1.71 bits per heavy atom. The monoisotopic (exact) mass is 943 g/mol. The Morgan fingerprint density at radius 1 is 0.552 bits per heavy atom. The molecule has 0 atom stereocenters. The summed E-state index contributed by atoms with van der Waals surface area (Å²) in [5.74, 6) is 2.07. The number of para-hydroxylation sites is 4. The van der Waals surface area contributed by atoms with E-state index in [0.29, 0.717) is 23.2 Å². The molecule has 296 valence electrons. The molecule has 1 aromatic heterocycles. The first-order valence-corrected chi connectivity index (χ1v) is 20.3. The van der Waals surface area contributed by atoms with E-state index in [1.54, 1.807) is 6.07 Å². The fourth-order valence-electron chi connectivity index (χ4n) is 8.19. The number of aromatic hydroxyl groups is 1. The Morgan fingerprint density at radius 2 is 1.10 bits per heavy atom. The number of hydrogen-bond donors (Lipinski definition) is 1. The van der Waals surface area contributed by atoms with Gasteiger partial charge in [-0.3, -0.25) is 4.98 Å². The minimum absolute atomic E-state index is 0. The van der Waals surface area contributed by atoms with E-state index in [1.165, 1.54) is 39.1 Å². The van der Waals surface area contributed by atoms with Gasteiger partial charge in [0.25, 0.3) is 0 Å². The average Bonchev–Trinajstić information content (AvgIpc) is 3.83. The third kappa shape index (κ3) is 7.53. The quantitative estimate of drug-likeness (QED) is 0.139. The Labute approximate surface area is 359 Å². The summed E-state index contributed by atoms with van der Waals surface area (Å²) >= 11 is 0. The Hall–Kier alpha value is -5.38. The van der Waals surface area contributed by atoms with E-state index in [9.17, 15) is 5.11 Å². The van der Waals surface area contributed by atoms with Crippen molar-refractivity contribution in [2.75, 3.05) is 9.80 Å². The molecule has 0 fully saturated rings. The van der Waals surface area contributed by atoms with Gasteiger partial charge in [-0.25, -0.2) is 0 Å². The van der Waals surface area contributed by atoms with E-state index >= 15 is 0 Å². The maximum absolute atomic E-state index is 11.2. The molecule has 6 aromatic carbocycles. The molecule has 1 aliphatic heterocycles. The third-order valence-corrected chi connectivity index (χ3v) is 11.1. The van der Waals surface area contributed by atoms with Gasteiger partial charge in [0, 0.05) is 22.8 Å². The van der Waals surface area contributed by atoms with Crippen LogP contribution in [0.25, 0.3) is 39.5 Å². The predicted octanol–water partition coefficient (Wildman–Crippen LogP) is 14.3. The number of phenolic OH excluding ortho intramolecular Hbond substituents is 1. The summed E-state index contributed by atoms with van der Waals surface area (Å²) in [6, 6.07) is 48.3. The number of aromatic nitrogens is 2. The van der Waals surface area contributed by atoms with Gasteiger partial charge in [0.05, 0.1) is 11.3 Å². The van der Waals surface area contributed by atoms with Crippen LogP contribution in [-0.2, 0) is 21.1 Å². The number of rotatable bonds is 10. The Kier molecular flexibility index (Phi) is 11.8. The topological polar surface area (TPSA) is 44.5 Å². The summed E-state index contributed by atoms with van der Waals surface area (Å²) in [7, 11) is 0.